The molecule has 0 bridgehead atoms. The van der Waals surface area contributed by atoms with Gasteiger partial charge in [0.15, 0.2) is 5.65 Å². The van der Waals surface area contributed by atoms with Gasteiger partial charge in [0.05, 0.1) is 23.0 Å². The normalized spacial score (nSPS) is 14.2. The maximum atomic E-state index is 4.89. The number of hydrogen-bond acceptors (Lipinski definition) is 5. The molecule has 3 aromatic heterocycles. The molecule has 0 saturated carbocycles. The third kappa shape index (κ3) is 4.01. The van der Waals surface area contributed by atoms with Crippen LogP contribution in [0, 0.1) is 13.8 Å². The van der Waals surface area contributed by atoms with Gasteiger partial charge in [0, 0.05) is 50.1 Å². The lowest BCUT2D eigenvalue weighted by molar-refractivity contribution is 0.386. The Morgan fingerprint density at radius 1 is 1.14 bits per heavy atom. The first-order valence-electron chi connectivity index (χ1n) is 10.7. The summed E-state index contributed by atoms with van der Waals surface area (Å²) in [4.78, 5) is 9.40. The molecule has 0 saturated heterocycles. The van der Waals surface area contributed by atoms with E-state index in [1.54, 1.807) is 0 Å². The number of aryl methyl sites for hydroxylation is 4. The van der Waals surface area contributed by atoms with E-state index in [-0.39, 0.29) is 0 Å². The zero-order chi connectivity index (χ0) is 20.5. The summed E-state index contributed by atoms with van der Waals surface area (Å²) >= 11 is 0. The second-order valence-electron chi connectivity index (χ2n) is 8.56. The quantitative estimate of drug-likeness (QED) is 0.576. The largest absolute Gasteiger partial charge is 0.366 e. The van der Waals surface area contributed by atoms with Crippen molar-refractivity contribution in [2.75, 3.05) is 32.1 Å². The molecule has 156 valence electrons. The molecule has 0 radical (unpaired) electrons. The van der Waals surface area contributed by atoms with Gasteiger partial charge in [-0.05, 0) is 53.4 Å². The lowest BCUT2D eigenvalue weighted by Gasteiger charge is -2.30. The molecule has 7 heteroatoms. The summed E-state index contributed by atoms with van der Waals surface area (Å²) in [5, 5.41) is 10.4. The fraction of sp³-hybridized carbons (Fsp3) is 0.591. The van der Waals surface area contributed by atoms with Gasteiger partial charge < -0.3 is 9.80 Å². The Morgan fingerprint density at radius 2 is 1.97 bits per heavy atom. The molecule has 0 unspecified atom stereocenters. The maximum absolute atomic E-state index is 4.89. The molecule has 0 spiro atoms. The van der Waals surface area contributed by atoms with Gasteiger partial charge in [-0.2, -0.15) is 10.2 Å². The van der Waals surface area contributed by atoms with Crippen LogP contribution in [-0.4, -0.2) is 56.6 Å². The number of fused-ring (bicyclic) bond motifs is 2. The van der Waals surface area contributed by atoms with Crippen LogP contribution in [0.15, 0.2) is 12.3 Å². The predicted octanol–water partition coefficient (Wildman–Crippen LogP) is 3.08. The Morgan fingerprint density at radius 3 is 2.76 bits per heavy atom. The molecule has 0 atom stereocenters. The monoisotopic (exact) mass is 395 g/mol. The van der Waals surface area contributed by atoms with Crippen molar-refractivity contribution in [3.8, 4) is 0 Å². The van der Waals surface area contributed by atoms with E-state index in [0.29, 0.717) is 0 Å². The van der Waals surface area contributed by atoms with Crippen LogP contribution in [0.1, 0.15) is 41.9 Å². The number of anilines is 1. The lowest BCUT2D eigenvalue weighted by Crippen LogP contribution is -2.31. The lowest BCUT2D eigenvalue weighted by atomic mass is 10.0. The number of hydrogen-bond donors (Lipinski definition) is 0. The van der Waals surface area contributed by atoms with Crippen LogP contribution in [0.25, 0.3) is 11.0 Å². The van der Waals surface area contributed by atoms with E-state index in [2.05, 4.69) is 58.6 Å². The van der Waals surface area contributed by atoms with Crippen molar-refractivity contribution in [3.05, 3.63) is 34.9 Å². The molecule has 0 aromatic carbocycles. The number of pyridine rings is 1. The van der Waals surface area contributed by atoms with Crippen LogP contribution in [0.2, 0.25) is 0 Å². The molecule has 1 aliphatic heterocycles. The van der Waals surface area contributed by atoms with E-state index in [0.717, 1.165) is 42.8 Å². The Kier molecular flexibility index (Phi) is 5.58. The number of aromatic nitrogens is 5. The highest BCUT2D eigenvalue weighted by Gasteiger charge is 2.25. The Bertz CT molecular complexity index is 998. The topological polar surface area (TPSA) is 55.0 Å². The molecule has 0 fully saturated rings. The Labute approximate surface area is 173 Å². The van der Waals surface area contributed by atoms with E-state index in [9.17, 15) is 0 Å². The molecule has 3 aromatic rings. The van der Waals surface area contributed by atoms with Crippen LogP contribution in [-0.2, 0) is 26.6 Å². The molecule has 4 heterocycles. The first-order valence-corrected chi connectivity index (χ1v) is 10.7. The molecule has 4 rings (SSSR count). The van der Waals surface area contributed by atoms with Gasteiger partial charge in [-0.3, -0.25) is 9.36 Å². The second kappa shape index (κ2) is 8.14. The van der Waals surface area contributed by atoms with Gasteiger partial charge in [0.2, 0.25) is 0 Å². The van der Waals surface area contributed by atoms with Gasteiger partial charge in [0.1, 0.15) is 0 Å². The highest BCUT2D eigenvalue weighted by molar-refractivity contribution is 5.89. The average molecular weight is 396 g/mol. The Balaban J connectivity index is 1.51. The van der Waals surface area contributed by atoms with Crippen LogP contribution < -0.4 is 4.90 Å². The zero-order valence-corrected chi connectivity index (χ0v) is 18.4. The van der Waals surface area contributed by atoms with Gasteiger partial charge in [0.25, 0.3) is 0 Å². The van der Waals surface area contributed by atoms with E-state index < -0.39 is 0 Å². The van der Waals surface area contributed by atoms with Crippen molar-refractivity contribution in [1.82, 2.24) is 29.4 Å². The van der Waals surface area contributed by atoms with Crippen LogP contribution >= 0.6 is 0 Å². The molecule has 1 aliphatic rings. The minimum Gasteiger partial charge on any atom is -0.366 e. The summed E-state index contributed by atoms with van der Waals surface area (Å²) in [6.45, 7) is 8.33. The predicted molar refractivity (Wildman–Crippen MR) is 117 cm³/mol. The molecule has 7 nitrogen and oxygen atoms in total. The first-order chi connectivity index (χ1) is 13.9. The summed E-state index contributed by atoms with van der Waals surface area (Å²) in [5.41, 5.74) is 7.23. The molecular weight excluding hydrogens is 362 g/mol. The standard InChI is InChI=1S/C22H33N7/c1-16-13-21(18-14-23-27(5)22(18)24-16)28-12-9-20-19(15-28)17(2)25-29(20)11-8-6-7-10-26(3)4/h13-14H,6-12,15H2,1-5H3. The van der Waals surface area contributed by atoms with Gasteiger partial charge >= 0.3 is 0 Å². The molecule has 29 heavy (non-hydrogen) atoms. The number of rotatable bonds is 7. The Hall–Kier alpha value is -2.41. The molecular formula is C22H33N7. The van der Waals surface area contributed by atoms with Crippen molar-refractivity contribution in [1.29, 1.82) is 0 Å². The molecule has 0 amide bonds. The number of unbranched alkanes of at least 4 members (excludes halogenated alkanes) is 2. The van der Waals surface area contributed by atoms with Gasteiger partial charge in [-0.1, -0.05) is 6.42 Å². The van der Waals surface area contributed by atoms with Gasteiger partial charge in [-0.25, -0.2) is 4.98 Å². The first kappa shape index (κ1) is 19.9. The number of nitrogens with zero attached hydrogens (tertiary/aromatic N) is 7. The highest BCUT2D eigenvalue weighted by Crippen LogP contribution is 2.32. The summed E-state index contributed by atoms with van der Waals surface area (Å²) in [6.07, 6.45) is 6.69. The highest BCUT2D eigenvalue weighted by atomic mass is 15.3. The minimum absolute atomic E-state index is 0.912. The van der Waals surface area contributed by atoms with Crippen LogP contribution in [0.3, 0.4) is 0 Å². The second-order valence-corrected chi connectivity index (χ2v) is 8.56. The summed E-state index contributed by atoms with van der Waals surface area (Å²) in [5.74, 6) is 0. The zero-order valence-electron chi connectivity index (χ0n) is 18.4. The fourth-order valence-electron chi connectivity index (χ4n) is 4.40. The third-order valence-electron chi connectivity index (χ3n) is 5.96. The van der Waals surface area contributed by atoms with Gasteiger partial charge in [-0.15, -0.1) is 0 Å². The van der Waals surface area contributed by atoms with Crippen molar-refractivity contribution in [3.63, 3.8) is 0 Å². The smallest absolute Gasteiger partial charge is 0.159 e. The molecule has 0 N–H and O–H groups in total. The fourth-order valence-corrected chi connectivity index (χ4v) is 4.40. The third-order valence-corrected chi connectivity index (χ3v) is 5.96. The summed E-state index contributed by atoms with van der Waals surface area (Å²) < 4.78 is 4.13. The molecule has 0 aliphatic carbocycles. The van der Waals surface area contributed by atoms with E-state index in [4.69, 9.17) is 5.10 Å². The van der Waals surface area contributed by atoms with E-state index >= 15 is 0 Å². The summed E-state index contributed by atoms with van der Waals surface area (Å²) in [6, 6.07) is 2.19. The van der Waals surface area contributed by atoms with Crippen LogP contribution in [0.5, 0.6) is 0 Å². The van der Waals surface area contributed by atoms with Crippen molar-refractivity contribution < 1.29 is 0 Å². The van der Waals surface area contributed by atoms with Crippen molar-refractivity contribution in [2.45, 2.75) is 52.6 Å². The van der Waals surface area contributed by atoms with E-state index in [1.807, 2.05) is 17.9 Å². The maximum Gasteiger partial charge on any atom is 0.159 e. The average Bonchev–Trinajstić information content (AvgIpc) is 3.21. The van der Waals surface area contributed by atoms with Crippen molar-refractivity contribution >= 4 is 16.7 Å². The van der Waals surface area contributed by atoms with Crippen LogP contribution in [0.4, 0.5) is 5.69 Å². The minimum atomic E-state index is 0.912. The van der Waals surface area contributed by atoms with E-state index in [1.165, 1.54) is 48.4 Å². The summed E-state index contributed by atoms with van der Waals surface area (Å²) in [7, 11) is 6.24. The van der Waals surface area contributed by atoms with Crippen molar-refractivity contribution in [2.24, 2.45) is 7.05 Å². The SMILES string of the molecule is Cc1cc(N2CCc3c(c(C)nn3CCCCCN(C)C)C2)c2cnn(C)c2n1.